The average molecular weight is 191 g/mol. The minimum absolute atomic E-state index is 0.367. The molecule has 0 fully saturated rings. The van der Waals surface area contributed by atoms with Crippen LogP contribution in [0.3, 0.4) is 0 Å². The van der Waals surface area contributed by atoms with Crippen LogP contribution in [-0.4, -0.2) is 21.5 Å². The highest BCUT2D eigenvalue weighted by molar-refractivity contribution is 5.39. The van der Waals surface area contributed by atoms with Crippen LogP contribution in [0.15, 0.2) is 24.8 Å². The van der Waals surface area contributed by atoms with Gasteiger partial charge in [-0.15, -0.1) is 0 Å². The first kappa shape index (κ1) is 9.15. The van der Waals surface area contributed by atoms with Gasteiger partial charge in [0.05, 0.1) is 5.69 Å². The van der Waals surface area contributed by atoms with Gasteiger partial charge in [0.15, 0.2) is 0 Å². The molecule has 0 aliphatic carbocycles. The van der Waals surface area contributed by atoms with Crippen LogP contribution in [0.2, 0.25) is 0 Å². The van der Waals surface area contributed by atoms with Gasteiger partial charge >= 0.3 is 0 Å². The molecule has 2 aromatic rings. The van der Waals surface area contributed by atoms with Gasteiger partial charge in [0, 0.05) is 25.6 Å². The SMILES string of the molecule is COC(C)(C)c1cc2nccn2cn1. The molecule has 0 spiro atoms. The van der Waals surface area contributed by atoms with Crippen molar-refractivity contribution in [1.29, 1.82) is 0 Å². The highest BCUT2D eigenvalue weighted by Crippen LogP contribution is 2.21. The van der Waals surface area contributed by atoms with Gasteiger partial charge < -0.3 is 4.74 Å². The fraction of sp³-hybridized carbons (Fsp3) is 0.400. The summed E-state index contributed by atoms with van der Waals surface area (Å²) in [6.07, 6.45) is 5.37. The van der Waals surface area contributed by atoms with E-state index in [9.17, 15) is 0 Å². The van der Waals surface area contributed by atoms with E-state index in [1.54, 1.807) is 19.6 Å². The Hall–Kier alpha value is -1.42. The molecule has 2 rings (SSSR count). The summed E-state index contributed by atoms with van der Waals surface area (Å²) in [6, 6.07) is 1.93. The van der Waals surface area contributed by atoms with Gasteiger partial charge in [0.25, 0.3) is 0 Å². The molecule has 0 atom stereocenters. The van der Waals surface area contributed by atoms with Gasteiger partial charge in [-0.25, -0.2) is 9.97 Å². The third-order valence-electron chi connectivity index (χ3n) is 2.41. The summed E-state index contributed by atoms with van der Waals surface area (Å²) in [7, 11) is 1.68. The van der Waals surface area contributed by atoms with Crippen LogP contribution < -0.4 is 0 Å². The van der Waals surface area contributed by atoms with Crippen molar-refractivity contribution in [2.24, 2.45) is 0 Å². The van der Waals surface area contributed by atoms with E-state index in [4.69, 9.17) is 4.74 Å². The molecular formula is C10H13N3O. The molecule has 4 heteroatoms. The molecule has 74 valence electrons. The smallest absolute Gasteiger partial charge is 0.139 e. The second kappa shape index (κ2) is 3.06. The van der Waals surface area contributed by atoms with Crippen LogP contribution in [-0.2, 0) is 10.3 Å². The maximum absolute atomic E-state index is 5.35. The molecule has 2 heterocycles. The number of nitrogens with zero attached hydrogens (tertiary/aromatic N) is 3. The lowest BCUT2D eigenvalue weighted by molar-refractivity contribution is 0.0154. The van der Waals surface area contributed by atoms with Gasteiger partial charge in [-0.2, -0.15) is 0 Å². The summed E-state index contributed by atoms with van der Waals surface area (Å²) in [6.45, 7) is 3.96. The van der Waals surface area contributed by atoms with Crippen molar-refractivity contribution in [1.82, 2.24) is 14.4 Å². The van der Waals surface area contributed by atoms with Crippen molar-refractivity contribution in [3.8, 4) is 0 Å². The number of ether oxygens (including phenoxy) is 1. The Morgan fingerprint density at radius 1 is 1.36 bits per heavy atom. The van der Waals surface area contributed by atoms with Crippen LogP contribution in [0.25, 0.3) is 5.65 Å². The summed E-state index contributed by atoms with van der Waals surface area (Å²) in [5.41, 5.74) is 1.41. The zero-order valence-electron chi connectivity index (χ0n) is 8.56. The van der Waals surface area contributed by atoms with Crippen molar-refractivity contribution < 1.29 is 4.74 Å². The number of hydrogen-bond acceptors (Lipinski definition) is 3. The minimum atomic E-state index is -0.367. The van der Waals surface area contributed by atoms with E-state index >= 15 is 0 Å². The van der Waals surface area contributed by atoms with E-state index in [-0.39, 0.29) is 5.60 Å². The molecule has 0 aliphatic heterocycles. The summed E-state index contributed by atoms with van der Waals surface area (Å²) in [5.74, 6) is 0. The number of imidazole rings is 1. The Balaban J connectivity index is 2.53. The van der Waals surface area contributed by atoms with Crippen LogP contribution in [0.4, 0.5) is 0 Å². The van der Waals surface area contributed by atoms with Crippen molar-refractivity contribution in [2.75, 3.05) is 7.11 Å². The quantitative estimate of drug-likeness (QED) is 0.724. The number of aromatic nitrogens is 3. The Kier molecular flexibility index (Phi) is 2.00. The molecule has 0 N–H and O–H groups in total. The Labute approximate surface area is 82.6 Å². The van der Waals surface area contributed by atoms with Crippen molar-refractivity contribution in [3.63, 3.8) is 0 Å². The molecule has 4 nitrogen and oxygen atoms in total. The molecule has 0 saturated carbocycles. The highest BCUT2D eigenvalue weighted by atomic mass is 16.5. The van der Waals surface area contributed by atoms with E-state index in [1.807, 2.05) is 30.5 Å². The van der Waals surface area contributed by atoms with Crippen LogP contribution in [0, 0.1) is 0 Å². The zero-order chi connectivity index (χ0) is 10.2. The molecule has 0 saturated heterocycles. The summed E-state index contributed by atoms with van der Waals surface area (Å²) >= 11 is 0. The summed E-state index contributed by atoms with van der Waals surface area (Å²) in [5, 5.41) is 0. The summed E-state index contributed by atoms with van der Waals surface area (Å²) < 4.78 is 7.22. The standard InChI is InChI=1S/C10H13N3O/c1-10(2,14-3)8-6-9-11-4-5-13(9)7-12-8/h4-7H,1-3H3. The fourth-order valence-corrected chi connectivity index (χ4v) is 1.25. The van der Waals surface area contributed by atoms with E-state index in [1.165, 1.54) is 0 Å². The first-order valence-electron chi connectivity index (χ1n) is 4.48. The van der Waals surface area contributed by atoms with E-state index in [0.717, 1.165) is 11.3 Å². The maximum Gasteiger partial charge on any atom is 0.139 e. The Bertz CT molecular complexity index is 447. The van der Waals surface area contributed by atoms with E-state index < -0.39 is 0 Å². The number of hydrogen-bond donors (Lipinski definition) is 0. The number of rotatable bonds is 2. The third-order valence-corrected chi connectivity index (χ3v) is 2.41. The van der Waals surface area contributed by atoms with Gasteiger partial charge in [0.1, 0.15) is 17.6 Å². The molecule has 14 heavy (non-hydrogen) atoms. The normalized spacial score (nSPS) is 12.2. The molecule has 0 aliphatic rings. The fourth-order valence-electron chi connectivity index (χ4n) is 1.25. The molecule has 0 bridgehead atoms. The van der Waals surface area contributed by atoms with Gasteiger partial charge in [0.2, 0.25) is 0 Å². The molecule has 0 amide bonds. The molecular weight excluding hydrogens is 178 g/mol. The van der Waals surface area contributed by atoms with E-state index in [0.29, 0.717) is 0 Å². The largest absolute Gasteiger partial charge is 0.373 e. The van der Waals surface area contributed by atoms with Crippen LogP contribution in [0.5, 0.6) is 0 Å². The highest BCUT2D eigenvalue weighted by Gasteiger charge is 2.21. The topological polar surface area (TPSA) is 39.4 Å². The van der Waals surface area contributed by atoms with Gasteiger partial charge in [-0.05, 0) is 13.8 Å². The van der Waals surface area contributed by atoms with Crippen molar-refractivity contribution in [2.45, 2.75) is 19.4 Å². The van der Waals surface area contributed by atoms with Gasteiger partial charge in [-0.1, -0.05) is 0 Å². The second-order valence-corrected chi connectivity index (χ2v) is 3.68. The first-order chi connectivity index (χ1) is 6.63. The average Bonchev–Trinajstić information content (AvgIpc) is 2.64. The second-order valence-electron chi connectivity index (χ2n) is 3.68. The predicted molar refractivity (Wildman–Crippen MR) is 53.0 cm³/mol. The maximum atomic E-state index is 5.35. The predicted octanol–water partition coefficient (Wildman–Crippen LogP) is 1.61. The van der Waals surface area contributed by atoms with Crippen LogP contribution in [0.1, 0.15) is 19.5 Å². The van der Waals surface area contributed by atoms with Crippen molar-refractivity contribution in [3.05, 3.63) is 30.5 Å². The summed E-state index contributed by atoms with van der Waals surface area (Å²) in [4.78, 5) is 8.51. The zero-order valence-corrected chi connectivity index (χ0v) is 8.56. The molecule has 0 unspecified atom stereocenters. The van der Waals surface area contributed by atoms with Crippen molar-refractivity contribution >= 4 is 5.65 Å². The monoisotopic (exact) mass is 191 g/mol. The number of fused-ring (bicyclic) bond motifs is 1. The molecule has 2 aromatic heterocycles. The lowest BCUT2D eigenvalue weighted by Crippen LogP contribution is -2.21. The lowest BCUT2D eigenvalue weighted by Gasteiger charge is -2.21. The number of methoxy groups -OCH3 is 1. The molecule has 0 radical (unpaired) electrons. The Morgan fingerprint density at radius 2 is 2.14 bits per heavy atom. The minimum Gasteiger partial charge on any atom is -0.373 e. The first-order valence-corrected chi connectivity index (χ1v) is 4.48. The Morgan fingerprint density at radius 3 is 2.86 bits per heavy atom. The van der Waals surface area contributed by atoms with Gasteiger partial charge in [-0.3, -0.25) is 4.40 Å². The van der Waals surface area contributed by atoms with E-state index in [2.05, 4.69) is 9.97 Å². The lowest BCUT2D eigenvalue weighted by atomic mass is 10.1. The molecule has 0 aromatic carbocycles. The van der Waals surface area contributed by atoms with Crippen LogP contribution >= 0.6 is 0 Å². The third kappa shape index (κ3) is 1.37.